The van der Waals surface area contributed by atoms with Gasteiger partial charge >= 0.3 is 0 Å². The Morgan fingerprint density at radius 3 is 2.79 bits per heavy atom. The molecule has 0 spiro atoms. The first kappa shape index (κ1) is 12.2. The van der Waals surface area contributed by atoms with E-state index in [9.17, 15) is 14.6 Å². The van der Waals surface area contributed by atoms with Crippen LogP contribution in [0.5, 0.6) is 0 Å². The molecule has 7 nitrogen and oxygen atoms in total. The summed E-state index contributed by atoms with van der Waals surface area (Å²) in [6.45, 7) is -0.668. The number of hydrogen-bond acceptors (Lipinski definition) is 6. The quantitative estimate of drug-likeness (QED) is 0.686. The second-order valence-electron chi connectivity index (χ2n) is 4.78. The first-order chi connectivity index (χ1) is 9.13. The van der Waals surface area contributed by atoms with Crippen LogP contribution in [0.2, 0.25) is 0 Å². The van der Waals surface area contributed by atoms with Gasteiger partial charge in [-0.05, 0) is 6.42 Å². The Morgan fingerprint density at radius 2 is 2.11 bits per heavy atom. The molecule has 0 amide bonds. The number of rotatable bonds is 2. The molecule has 8 heteroatoms. The van der Waals surface area contributed by atoms with E-state index in [1.807, 2.05) is 0 Å². The van der Waals surface area contributed by atoms with Crippen LogP contribution in [-0.4, -0.2) is 48.6 Å². The zero-order valence-corrected chi connectivity index (χ0v) is 10.0. The first-order valence-electron chi connectivity index (χ1n) is 5.98. The average Bonchev–Trinajstić information content (AvgIpc) is 2.94. The van der Waals surface area contributed by atoms with E-state index in [-0.39, 0.29) is 5.82 Å². The molecule has 1 saturated carbocycles. The predicted octanol–water partition coefficient (Wildman–Crippen LogP) is -0.339. The summed E-state index contributed by atoms with van der Waals surface area (Å²) >= 11 is 0. The zero-order valence-electron chi connectivity index (χ0n) is 10.0. The Morgan fingerprint density at radius 1 is 1.32 bits per heavy atom. The summed E-state index contributed by atoms with van der Waals surface area (Å²) in [6, 6.07) is -0.463. The van der Waals surface area contributed by atoms with Crippen molar-refractivity contribution in [3.63, 3.8) is 0 Å². The smallest absolute Gasteiger partial charge is 0.165 e. The third kappa shape index (κ3) is 1.75. The normalized spacial score (nSPS) is 31.1. The number of aromatic nitrogens is 4. The summed E-state index contributed by atoms with van der Waals surface area (Å²) in [6.07, 6.45) is 0.992. The number of anilines is 1. The maximum Gasteiger partial charge on any atom is 0.165 e. The van der Waals surface area contributed by atoms with Crippen LogP contribution in [0.3, 0.4) is 0 Å². The van der Waals surface area contributed by atoms with Gasteiger partial charge in [0.15, 0.2) is 11.5 Å². The molecule has 2 aromatic rings. The molecule has 0 bridgehead atoms. The summed E-state index contributed by atoms with van der Waals surface area (Å²) < 4.78 is 14.4. The maximum atomic E-state index is 12.8. The Kier molecular flexibility index (Phi) is 2.83. The SMILES string of the molecule is Nc1ncnc2c1ncn2[C@@H]1C[C@H](CF)[C@@H](O)[C@H]1O. The number of halogens is 1. The number of aliphatic hydroxyl groups is 2. The van der Waals surface area contributed by atoms with Crippen molar-refractivity contribution in [2.24, 2.45) is 5.92 Å². The van der Waals surface area contributed by atoms with Gasteiger partial charge in [0, 0.05) is 5.92 Å². The Hall–Kier alpha value is -1.80. The van der Waals surface area contributed by atoms with Crippen LogP contribution in [0.25, 0.3) is 11.2 Å². The third-order valence-electron chi connectivity index (χ3n) is 3.71. The van der Waals surface area contributed by atoms with E-state index >= 15 is 0 Å². The molecule has 1 aliphatic rings. The van der Waals surface area contributed by atoms with E-state index in [0.29, 0.717) is 17.6 Å². The molecule has 1 aliphatic carbocycles. The molecule has 2 aromatic heterocycles. The van der Waals surface area contributed by atoms with Gasteiger partial charge in [0.25, 0.3) is 0 Å². The van der Waals surface area contributed by atoms with Gasteiger partial charge in [0.05, 0.1) is 25.1 Å². The van der Waals surface area contributed by atoms with Crippen molar-refractivity contribution >= 4 is 17.0 Å². The van der Waals surface area contributed by atoms with E-state index in [2.05, 4.69) is 15.0 Å². The summed E-state index contributed by atoms with van der Waals surface area (Å²) in [7, 11) is 0. The molecule has 0 aromatic carbocycles. The monoisotopic (exact) mass is 267 g/mol. The highest BCUT2D eigenvalue weighted by Crippen LogP contribution is 2.37. The molecule has 0 radical (unpaired) electrons. The van der Waals surface area contributed by atoms with Crippen molar-refractivity contribution < 1.29 is 14.6 Å². The lowest BCUT2D eigenvalue weighted by molar-refractivity contribution is 0.00271. The van der Waals surface area contributed by atoms with Crippen LogP contribution in [0, 0.1) is 5.92 Å². The lowest BCUT2D eigenvalue weighted by Gasteiger charge is -2.18. The number of nitrogens with zero attached hydrogens (tertiary/aromatic N) is 4. The van der Waals surface area contributed by atoms with Gasteiger partial charge in [-0.1, -0.05) is 0 Å². The minimum atomic E-state index is -1.08. The molecule has 102 valence electrons. The standard InChI is InChI=1S/C11H14FN5O2/c12-2-5-1-6(9(19)8(5)18)17-4-16-7-10(13)14-3-15-11(7)17/h3-6,8-9,18-19H,1-2H2,(H2,13,14,15)/t5-,6-,8-,9+/m1/s1. The molecule has 4 atom stereocenters. The minimum absolute atomic E-state index is 0.249. The van der Waals surface area contributed by atoms with E-state index < -0.39 is 30.8 Å². The molecule has 0 unspecified atom stereocenters. The third-order valence-corrected chi connectivity index (χ3v) is 3.71. The number of imidazole rings is 1. The van der Waals surface area contributed by atoms with E-state index in [0.717, 1.165) is 0 Å². The van der Waals surface area contributed by atoms with Crippen LogP contribution in [0.15, 0.2) is 12.7 Å². The maximum absolute atomic E-state index is 12.8. The van der Waals surface area contributed by atoms with Crippen molar-refractivity contribution in [2.75, 3.05) is 12.4 Å². The highest BCUT2D eigenvalue weighted by Gasteiger charge is 2.42. The summed E-state index contributed by atoms with van der Waals surface area (Å²) in [5, 5.41) is 19.8. The fourth-order valence-electron chi connectivity index (χ4n) is 2.64. The molecule has 3 rings (SSSR count). The second-order valence-corrected chi connectivity index (χ2v) is 4.78. The Labute approximate surface area is 107 Å². The Bertz CT molecular complexity index is 604. The van der Waals surface area contributed by atoms with Crippen molar-refractivity contribution in [3.8, 4) is 0 Å². The summed E-state index contributed by atoms with van der Waals surface area (Å²) in [5.41, 5.74) is 6.60. The number of aliphatic hydroxyl groups excluding tert-OH is 2. The van der Waals surface area contributed by atoms with Crippen molar-refractivity contribution in [2.45, 2.75) is 24.7 Å². The predicted molar refractivity (Wildman–Crippen MR) is 64.9 cm³/mol. The van der Waals surface area contributed by atoms with Crippen molar-refractivity contribution in [1.29, 1.82) is 0 Å². The molecule has 0 aliphatic heterocycles. The topological polar surface area (TPSA) is 110 Å². The lowest BCUT2D eigenvalue weighted by Crippen LogP contribution is -2.29. The fourth-order valence-corrected chi connectivity index (χ4v) is 2.64. The number of nitrogens with two attached hydrogens (primary N) is 1. The van der Waals surface area contributed by atoms with Crippen molar-refractivity contribution in [1.82, 2.24) is 19.5 Å². The van der Waals surface area contributed by atoms with Gasteiger partial charge in [-0.25, -0.2) is 15.0 Å². The molecule has 0 saturated heterocycles. The molecule has 19 heavy (non-hydrogen) atoms. The molecular formula is C11H14FN5O2. The average molecular weight is 267 g/mol. The van der Waals surface area contributed by atoms with Crippen LogP contribution in [-0.2, 0) is 0 Å². The summed E-state index contributed by atoms with van der Waals surface area (Å²) in [5.74, 6) is -0.324. The molecular weight excluding hydrogens is 253 g/mol. The van der Waals surface area contributed by atoms with E-state index in [1.54, 1.807) is 4.57 Å². The second kappa shape index (κ2) is 4.39. The Balaban J connectivity index is 2.04. The molecule has 4 N–H and O–H groups in total. The van der Waals surface area contributed by atoms with Gasteiger partial charge < -0.3 is 20.5 Å². The molecule has 1 fully saturated rings. The van der Waals surface area contributed by atoms with Crippen LogP contribution in [0.1, 0.15) is 12.5 Å². The minimum Gasteiger partial charge on any atom is -0.390 e. The van der Waals surface area contributed by atoms with Crippen molar-refractivity contribution in [3.05, 3.63) is 12.7 Å². The van der Waals surface area contributed by atoms with Gasteiger partial charge in [-0.15, -0.1) is 0 Å². The summed E-state index contributed by atoms with van der Waals surface area (Å²) in [4.78, 5) is 12.0. The van der Waals surface area contributed by atoms with Gasteiger partial charge in [0.2, 0.25) is 0 Å². The number of hydrogen-bond donors (Lipinski definition) is 3. The van der Waals surface area contributed by atoms with E-state index in [1.165, 1.54) is 12.7 Å². The van der Waals surface area contributed by atoms with Gasteiger partial charge in [-0.2, -0.15) is 0 Å². The highest BCUT2D eigenvalue weighted by atomic mass is 19.1. The largest absolute Gasteiger partial charge is 0.390 e. The number of fused-ring (bicyclic) bond motifs is 1. The highest BCUT2D eigenvalue weighted by molar-refractivity contribution is 5.81. The molecule has 2 heterocycles. The lowest BCUT2D eigenvalue weighted by atomic mass is 10.1. The fraction of sp³-hybridized carbons (Fsp3) is 0.545. The number of alkyl halides is 1. The van der Waals surface area contributed by atoms with Crippen LogP contribution >= 0.6 is 0 Å². The van der Waals surface area contributed by atoms with Gasteiger partial charge in [-0.3, -0.25) is 4.39 Å². The number of nitrogen functional groups attached to an aromatic ring is 1. The zero-order chi connectivity index (χ0) is 13.6. The van der Waals surface area contributed by atoms with Gasteiger partial charge in [0.1, 0.15) is 17.9 Å². The van der Waals surface area contributed by atoms with Crippen LogP contribution < -0.4 is 5.73 Å². The first-order valence-corrected chi connectivity index (χ1v) is 5.98. The van der Waals surface area contributed by atoms with E-state index in [4.69, 9.17) is 5.73 Å². The van der Waals surface area contributed by atoms with Crippen LogP contribution in [0.4, 0.5) is 10.2 Å².